The molecule has 9 aromatic rings. The molecule has 0 atom stereocenters. The Kier molecular flexibility index (Phi) is 10.2. The summed E-state index contributed by atoms with van der Waals surface area (Å²) < 4.78 is 14.0. The molecule has 0 aliphatic rings. The Morgan fingerprint density at radius 3 is 1.15 bits per heavy atom. The highest BCUT2D eigenvalue weighted by Gasteiger charge is 2.27. The van der Waals surface area contributed by atoms with Crippen molar-refractivity contribution < 1.29 is 8.83 Å². The molecule has 0 N–H and O–H groups in total. The maximum absolute atomic E-state index is 7.09. The lowest BCUT2D eigenvalue weighted by Gasteiger charge is -2.27. The lowest BCUT2D eigenvalue weighted by Crippen LogP contribution is -2.37. The number of nitrogens with zero attached hydrogens (tertiary/aromatic N) is 2. The third-order valence-electron chi connectivity index (χ3n) is 12.5. The monoisotopic (exact) mass is 880 g/mol. The second-order valence-electron chi connectivity index (χ2n) is 21.2. The predicted octanol–water partition coefficient (Wildman–Crippen LogP) is 14.6. The maximum atomic E-state index is 7.09. The Labute approximate surface area is 371 Å². The molecule has 0 aliphatic carbocycles. The molecule has 0 bridgehead atoms. The third kappa shape index (κ3) is 7.72. The zero-order valence-corrected chi connectivity index (χ0v) is 42.6. The summed E-state index contributed by atoms with van der Waals surface area (Å²) in [6, 6.07) is 54.3. The summed E-state index contributed by atoms with van der Waals surface area (Å²) in [5, 5.41) is 10.1. The number of hydrogen-bond donors (Lipinski definition) is 0. The molecule has 314 valence electrons. The topological polar surface area (TPSA) is 32.8 Å². The van der Waals surface area contributed by atoms with Gasteiger partial charge in [-0.3, -0.25) is 0 Å². The van der Waals surface area contributed by atoms with Gasteiger partial charge in [0.1, 0.15) is 16.7 Å². The third-order valence-corrected chi connectivity index (χ3v) is 20.8. The fourth-order valence-corrected chi connectivity index (χ4v) is 13.4. The summed E-state index contributed by atoms with van der Waals surface area (Å²) in [5.74, 6) is 0. The number of hydrogen-bond acceptors (Lipinski definition) is 4. The molecule has 0 spiro atoms. The van der Waals surface area contributed by atoms with Gasteiger partial charge in [-0.05, 0) is 66.7 Å². The smallest absolute Gasteiger partial charge is 0.160 e. The zero-order chi connectivity index (χ0) is 43.9. The zero-order valence-electron chi connectivity index (χ0n) is 38.6. The van der Waals surface area contributed by atoms with Crippen molar-refractivity contribution in [3.63, 3.8) is 0 Å². The highest BCUT2D eigenvalue weighted by molar-refractivity contribution is 6.90. The fraction of sp³-hybridized carbons (Fsp3) is 0.222. The van der Waals surface area contributed by atoms with E-state index in [0.717, 1.165) is 78.0 Å². The average molecular weight is 881 g/mol. The molecule has 0 radical (unpaired) electrons. The highest BCUT2D eigenvalue weighted by atomic mass is 28.3. The van der Waals surface area contributed by atoms with Crippen LogP contribution in [-0.2, 0) is 0 Å². The van der Waals surface area contributed by atoms with Crippen molar-refractivity contribution in [3.05, 3.63) is 146 Å². The van der Waals surface area contributed by atoms with Gasteiger partial charge < -0.3 is 18.6 Å². The van der Waals surface area contributed by atoms with Crippen molar-refractivity contribution in [1.29, 1.82) is 0 Å². The first-order valence-electron chi connectivity index (χ1n) is 22.1. The van der Waals surface area contributed by atoms with Crippen LogP contribution in [0.3, 0.4) is 0 Å². The predicted molar refractivity (Wildman–Crippen MR) is 282 cm³/mol. The van der Waals surface area contributed by atoms with Crippen LogP contribution in [0.2, 0.25) is 78.6 Å². The van der Waals surface area contributed by atoms with Crippen molar-refractivity contribution in [1.82, 2.24) is 0 Å². The molecule has 0 saturated heterocycles. The van der Waals surface area contributed by atoms with Crippen molar-refractivity contribution in [3.8, 4) is 0 Å². The van der Waals surface area contributed by atoms with E-state index < -0.39 is 32.3 Å². The number of fused-ring (bicyclic) bond motifs is 7. The largest absolute Gasteiger partial charge is 0.456 e. The molecule has 0 amide bonds. The van der Waals surface area contributed by atoms with Gasteiger partial charge in [-0.15, -0.1) is 0 Å². The van der Waals surface area contributed by atoms with Crippen molar-refractivity contribution >= 4 is 131 Å². The normalized spacial score (nSPS) is 12.8. The quantitative estimate of drug-likeness (QED) is 0.128. The molecule has 7 aromatic carbocycles. The average Bonchev–Trinajstić information content (AvgIpc) is 3.79. The van der Waals surface area contributed by atoms with E-state index in [0.29, 0.717) is 0 Å². The van der Waals surface area contributed by atoms with Gasteiger partial charge in [0.05, 0.1) is 38.0 Å². The molecule has 4 nitrogen and oxygen atoms in total. The lowest BCUT2D eigenvalue weighted by atomic mass is 10.0. The lowest BCUT2D eigenvalue weighted by molar-refractivity contribution is 0.663. The van der Waals surface area contributed by atoms with E-state index in [1.165, 1.54) is 20.7 Å². The minimum absolute atomic E-state index is 0.833. The van der Waals surface area contributed by atoms with E-state index in [2.05, 4.69) is 234 Å². The number of benzene rings is 7. The summed E-state index contributed by atoms with van der Waals surface area (Å²) in [6.07, 6.45) is 0. The van der Waals surface area contributed by atoms with Crippen molar-refractivity contribution in [2.45, 2.75) is 78.6 Å². The van der Waals surface area contributed by atoms with Crippen LogP contribution < -0.4 is 30.5 Å². The minimum Gasteiger partial charge on any atom is -0.456 e. The second-order valence-corrected chi connectivity index (χ2v) is 41.5. The first-order chi connectivity index (χ1) is 29.3. The van der Waals surface area contributed by atoms with Gasteiger partial charge in [-0.25, -0.2) is 0 Å². The summed E-state index contributed by atoms with van der Waals surface area (Å²) in [7, 11) is -6.02. The van der Waals surface area contributed by atoms with E-state index in [9.17, 15) is 0 Å². The van der Waals surface area contributed by atoms with E-state index in [1.807, 2.05) is 0 Å². The summed E-state index contributed by atoms with van der Waals surface area (Å²) in [6.45, 7) is 28.9. The molecule has 62 heavy (non-hydrogen) atoms. The molecule has 2 heterocycles. The van der Waals surface area contributed by atoms with E-state index in [-0.39, 0.29) is 0 Å². The van der Waals surface area contributed by atoms with Gasteiger partial charge in [0, 0.05) is 62.1 Å². The first kappa shape index (κ1) is 41.9. The van der Waals surface area contributed by atoms with Crippen LogP contribution in [-0.4, -0.2) is 32.3 Å². The van der Waals surface area contributed by atoms with Gasteiger partial charge in [0.25, 0.3) is 0 Å². The van der Waals surface area contributed by atoms with Crippen LogP contribution in [0.25, 0.3) is 43.9 Å². The molecule has 0 fully saturated rings. The van der Waals surface area contributed by atoms with Gasteiger partial charge >= 0.3 is 0 Å². The summed E-state index contributed by atoms with van der Waals surface area (Å²) in [4.78, 5) is 4.74. The minimum atomic E-state index is -1.52. The molecular weight excluding hydrogens is 821 g/mol. The van der Waals surface area contributed by atoms with Crippen molar-refractivity contribution in [2.24, 2.45) is 0 Å². The SMILES string of the molecule is C[Si](C)(C)c1ccc(N(c2ccc([Si](C)(C)C)cc2)c2ccc3c(c2)oc2cc(N(c4ccc([Si](C)(C)C)cc4)c4ccc([Si](C)(C)C)cc4)c4oc5ccccc5c4c23)cc1. The van der Waals surface area contributed by atoms with Crippen molar-refractivity contribution in [2.75, 3.05) is 9.80 Å². The van der Waals surface area contributed by atoms with Crippen LogP contribution in [0.5, 0.6) is 0 Å². The molecule has 0 unspecified atom stereocenters. The van der Waals surface area contributed by atoms with Gasteiger partial charge in [0.15, 0.2) is 5.58 Å². The molecule has 2 aromatic heterocycles. The Morgan fingerprint density at radius 1 is 0.323 bits per heavy atom. The number of anilines is 6. The summed E-state index contributed by atoms with van der Waals surface area (Å²) >= 11 is 0. The molecular formula is C54H60N2O2Si4. The molecule has 8 heteroatoms. The first-order valence-corrected chi connectivity index (χ1v) is 36.1. The number of furan rings is 2. The Hall–Kier alpha value is -5.39. The molecule has 9 rings (SSSR count). The standard InChI is InChI=1S/C54H60N2O2Si4/c1-59(2,3)42-26-17-37(18-27-42)55(38-19-28-43(29-20-38)60(4,5)6)41-25-34-47-50(35-41)57-51-36-48(54-53(52(47)51)46-15-13-14-16-49(46)58-54)56(39-21-30-44(31-22-39)61(7,8)9)40-23-32-45(33-24-40)62(10,11)12/h13-36H,1-12H3. The number of para-hydroxylation sites is 1. The van der Waals surface area contributed by atoms with E-state index >= 15 is 0 Å². The van der Waals surface area contributed by atoms with Gasteiger partial charge in [-0.2, -0.15) is 0 Å². The second kappa shape index (κ2) is 15.2. The fourth-order valence-electron chi connectivity index (χ4n) is 8.75. The highest BCUT2D eigenvalue weighted by Crippen LogP contribution is 2.48. The van der Waals surface area contributed by atoms with Gasteiger partial charge in [0.2, 0.25) is 0 Å². The molecule has 0 aliphatic heterocycles. The maximum Gasteiger partial charge on any atom is 0.160 e. The van der Waals surface area contributed by atoms with Crippen LogP contribution in [0.4, 0.5) is 34.1 Å². The van der Waals surface area contributed by atoms with Gasteiger partial charge in [-0.1, -0.05) is 166 Å². The Morgan fingerprint density at radius 2 is 0.710 bits per heavy atom. The van der Waals surface area contributed by atoms with Crippen LogP contribution >= 0.6 is 0 Å². The Bertz CT molecular complexity index is 2970. The van der Waals surface area contributed by atoms with E-state index in [1.54, 1.807) is 0 Å². The summed E-state index contributed by atoms with van der Waals surface area (Å²) in [5.41, 5.74) is 9.82. The molecule has 0 saturated carbocycles. The van der Waals surface area contributed by atoms with Crippen LogP contribution in [0.1, 0.15) is 0 Å². The Balaban J connectivity index is 1.27. The van der Waals surface area contributed by atoms with Crippen LogP contribution in [0, 0.1) is 0 Å². The van der Waals surface area contributed by atoms with E-state index in [4.69, 9.17) is 8.83 Å². The number of rotatable bonds is 10. The van der Waals surface area contributed by atoms with Crippen LogP contribution in [0.15, 0.2) is 154 Å².